The third-order valence-corrected chi connectivity index (χ3v) is 5.66. The molecule has 154 valence electrons. The van der Waals surface area contributed by atoms with E-state index in [1.165, 1.54) is 11.1 Å². The fourth-order valence-electron chi connectivity index (χ4n) is 3.18. The fourth-order valence-corrected chi connectivity index (χ4v) is 3.64. The number of nitrogens with zero attached hydrogens (tertiary/aromatic N) is 2. The summed E-state index contributed by atoms with van der Waals surface area (Å²) in [5.41, 5.74) is 6.32. The van der Waals surface area contributed by atoms with Crippen LogP contribution in [-0.2, 0) is 6.61 Å². The molecule has 0 spiro atoms. The van der Waals surface area contributed by atoms with E-state index in [1.807, 2.05) is 36.4 Å². The Morgan fingerprint density at radius 3 is 2.52 bits per heavy atom. The summed E-state index contributed by atoms with van der Waals surface area (Å²) < 4.78 is 5.81. The largest absolute Gasteiger partial charge is 0.489 e. The molecule has 0 aliphatic rings. The quantitative estimate of drug-likeness (QED) is 0.331. The normalized spacial score (nSPS) is 11.5. The van der Waals surface area contributed by atoms with E-state index < -0.39 is 0 Å². The lowest BCUT2D eigenvalue weighted by atomic mass is 10.1. The van der Waals surface area contributed by atoms with E-state index in [-0.39, 0.29) is 0 Å². The molecule has 0 radical (unpaired) electrons. The molecule has 4 aromatic rings. The maximum atomic E-state index is 9.66. The topological polar surface area (TPSA) is 61.7 Å². The zero-order valence-corrected chi connectivity index (χ0v) is 18.6. The summed E-state index contributed by atoms with van der Waals surface area (Å²) in [6.07, 6.45) is 1.80. The van der Waals surface area contributed by atoms with Gasteiger partial charge in [-0.15, -0.1) is 0 Å². The van der Waals surface area contributed by atoms with Gasteiger partial charge in [0.25, 0.3) is 0 Å². The van der Waals surface area contributed by atoms with Crippen molar-refractivity contribution in [1.29, 1.82) is 5.26 Å². The Morgan fingerprint density at radius 2 is 1.81 bits per heavy atom. The highest BCUT2D eigenvalue weighted by molar-refractivity contribution is 6.35. The molecule has 0 fully saturated rings. The van der Waals surface area contributed by atoms with E-state index in [0.717, 1.165) is 22.2 Å². The standard InChI is InChI=1S/C25H19Cl2N3O/c1-15-9-23-24(10-16(15)2)30-25(29-23)19(13-28)11-17-3-7-21(8-4-17)31-14-18-5-6-20(26)12-22(18)27/h3-12H,14H2,1-2H3,(H,29,30)/b19-11+. The average molecular weight is 448 g/mol. The number of rotatable bonds is 5. The number of aromatic amines is 1. The Labute approximate surface area is 190 Å². The van der Waals surface area contributed by atoms with Crippen molar-refractivity contribution in [2.24, 2.45) is 0 Å². The second kappa shape index (κ2) is 8.85. The molecule has 0 saturated heterocycles. The van der Waals surface area contributed by atoms with E-state index in [2.05, 4.69) is 36.0 Å². The second-order valence-corrected chi connectivity index (χ2v) is 8.15. The van der Waals surface area contributed by atoms with Gasteiger partial charge in [-0.2, -0.15) is 5.26 Å². The third kappa shape index (κ3) is 4.74. The maximum absolute atomic E-state index is 9.66. The number of fused-ring (bicyclic) bond motifs is 1. The van der Waals surface area contributed by atoms with E-state index in [0.29, 0.717) is 33.8 Å². The van der Waals surface area contributed by atoms with Crippen LogP contribution in [0.3, 0.4) is 0 Å². The lowest BCUT2D eigenvalue weighted by Gasteiger charge is -2.08. The number of aryl methyl sites for hydroxylation is 2. The van der Waals surface area contributed by atoms with Crippen LogP contribution in [0.15, 0.2) is 54.6 Å². The molecule has 1 N–H and O–H groups in total. The number of ether oxygens (including phenoxy) is 1. The Balaban J connectivity index is 1.52. The third-order valence-electron chi connectivity index (χ3n) is 5.07. The van der Waals surface area contributed by atoms with Crippen LogP contribution in [0, 0.1) is 25.2 Å². The summed E-state index contributed by atoms with van der Waals surface area (Å²) in [6, 6.07) is 19.1. The highest BCUT2D eigenvalue weighted by Crippen LogP contribution is 2.25. The van der Waals surface area contributed by atoms with Gasteiger partial charge in [-0.1, -0.05) is 41.4 Å². The molecular weight excluding hydrogens is 429 g/mol. The number of imidazole rings is 1. The van der Waals surface area contributed by atoms with Gasteiger partial charge in [0.15, 0.2) is 0 Å². The van der Waals surface area contributed by atoms with E-state index in [4.69, 9.17) is 27.9 Å². The second-order valence-electron chi connectivity index (χ2n) is 7.30. The first-order valence-electron chi connectivity index (χ1n) is 9.69. The number of H-pyrrole nitrogens is 1. The molecule has 0 aliphatic carbocycles. The van der Waals surface area contributed by atoms with Gasteiger partial charge in [-0.05, 0) is 73.0 Å². The van der Waals surface area contributed by atoms with Crippen LogP contribution in [-0.4, -0.2) is 9.97 Å². The fraction of sp³-hybridized carbons (Fsp3) is 0.120. The molecule has 1 aromatic heterocycles. The molecule has 0 aliphatic heterocycles. The summed E-state index contributed by atoms with van der Waals surface area (Å²) in [5.74, 6) is 1.26. The molecule has 0 saturated carbocycles. The predicted molar refractivity (Wildman–Crippen MR) is 126 cm³/mol. The molecule has 31 heavy (non-hydrogen) atoms. The highest BCUT2D eigenvalue weighted by atomic mass is 35.5. The van der Waals surface area contributed by atoms with Crippen LogP contribution in [0.4, 0.5) is 0 Å². The SMILES string of the molecule is Cc1cc2nc(/C(C#N)=C/c3ccc(OCc4ccc(Cl)cc4Cl)cc3)[nH]c2cc1C. The molecule has 6 heteroatoms. The zero-order valence-electron chi connectivity index (χ0n) is 17.0. The molecule has 0 unspecified atom stereocenters. The van der Waals surface area contributed by atoms with Crippen molar-refractivity contribution in [2.75, 3.05) is 0 Å². The molecule has 3 aromatic carbocycles. The molecule has 4 rings (SSSR count). The summed E-state index contributed by atoms with van der Waals surface area (Å²) in [4.78, 5) is 7.83. The van der Waals surface area contributed by atoms with Crippen LogP contribution in [0.25, 0.3) is 22.7 Å². The number of hydrogen-bond donors (Lipinski definition) is 1. The van der Waals surface area contributed by atoms with Crippen LogP contribution in [0.1, 0.15) is 28.1 Å². The van der Waals surface area contributed by atoms with Crippen molar-refractivity contribution in [3.63, 3.8) is 0 Å². The van der Waals surface area contributed by atoms with Gasteiger partial charge in [-0.3, -0.25) is 0 Å². The minimum Gasteiger partial charge on any atom is -0.489 e. The van der Waals surface area contributed by atoms with Crippen LogP contribution < -0.4 is 4.74 Å². The van der Waals surface area contributed by atoms with E-state index >= 15 is 0 Å². The number of nitrogens with one attached hydrogen (secondary N) is 1. The van der Waals surface area contributed by atoms with Gasteiger partial charge in [0.1, 0.15) is 24.3 Å². The number of nitriles is 1. The molecule has 1 heterocycles. The number of aromatic nitrogens is 2. The Hall–Kier alpha value is -3.26. The zero-order chi connectivity index (χ0) is 22.0. The van der Waals surface area contributed by atoms with Crippen molar-refractivity contribution in [3.05, 3.63) is 92.7 Å². The van der Waals surface area contributed by atoms with Crippen molar-refractivity contribution >= 4 is 45.9 Å². The highest BCUT2D eigenvalue weighted by Gasteiger charge is 2.09. The van der Waals surface area contributed by atoms with Crippen LogP contribution in [0.2, 0.25) is 10.0 Å². The van der Waals surface area contributed by atoms with Gasteiger partial charge in [-0.25, -0.2) is 4.98 Å². The minimum absolute atomic E-state index is 0.340. The van der Waals surface area contributed by atoms with Gasteiger partial charge in [0.2, 0.25) is 0 Å². The number of benzene rings is 3. The molecule has 0 amide bonds. The Kier molecular flexibility index (Phi) is 5.99. The predicted octanol–water partition coefficient (Wildman–Crippen LogP) is 7.13. The lowest BCUT2D eigenvalue weighted by Crippen LogP contribution is -1.96. The molecule has 0 bridgehead atoms. The molecular formula is C25H19Cl2N3O. The summed E-state index contributed by atoms with van der Waals surface area (Å²) in [5, 5.41) is 10.8. The summed E-state index contributed by atoms with van der Waals surface area (Å²) in [6.45, 7) is 4.45. The van der Waals surface area contributed by atoms with Gasteiger partial charge < -0.3 is 9.72 Å². The van der Waals surface area contributed by atoms with Crippen LogP contribution in [0.5, 0.6) is 5.75 Å². The van der Waals surface area contributed by atoms with E-state index in [9.17, 15) is 5.26 Å². The van der Waals surface area contributed by atoms with Crippen LogP contribution >= 0.6 is 23.2 Å². The smallest absolute Gasteiger partial charge is 0.149 e. The monoisotopic (exact) mass is 447 g/mol. The lowest BCUT2D eigenvalue weighted by molar-refractivity contribution is 0.306. The summed E-state index contributed by atoms with van der Waals surface area (Å²) in [7, 11) is 0. The van der Waals surface area contributed by atoms with Gasteiger partial charge >= 0.3 is 0 Å². The van der Waals surface area contributed by atoms with Crippen molar-refractivity contribution in [2.45, 2.75) is 20.5 Å². The van der Waals surface area contributed by atoms with Crippen molar-refractivity contribution in [3.8, 4) is 11.8 Å². The first-order valence-corrected chi connectivity index (χ1v) is 10.4. The van der Waals surface area contributed by atoms with Crippen molar-refractivity contribution < 1.29 is 4.74 Å². The minimum atomic E-state index is 0.340. The number of hydrogen-bond acceptors (Lipinski definition) is 3. The number of allylic oxidation sites excluding steroid dienone is 1. The Morgan fingerprint density at radius 1 is 1.06 bits per heavy atom. The summed E-state index contributed by atoms with van der Waals surface area (Å²) >= 11 is 12.1. The Bertz CT molecular complexity index is 1290. The van der Waals surface area contributed by atoms with E-state index in [1.54, 1.807) is 18.2 Å². The van der Waals surface area contributed by atoms with Gasteiger partial charge in [0.05, 0.1) is 16.6 Å². The average Bonchev–Trinajstić information content (AvgIpc) is 3.15. The first-order chi connectivity index (χ1) is 14.9. The maximum Gasteiger partial charge on any atom is 0.149 e. The molecule has 4 nitrogen and oxygen atoms in total. The first kappa shape index (κ1) is 21.0. The number of halogens is 2. The van der Waals surface area contributed by atoms with Crippen molar-refractivity contribution in [1.82, 2.24) is 9.97 Å². The molecule has 0 atom stereocenters. The van der Waals surface area contributed by atoms with Gasteiger partial charge in [0, 0.05) is 15.6 Å².